The molecule has 0 aromatic heterocycles. The molecule has 0 nitrogen and oxygen atoms in total. The molecule has 0 saturated carbocycles. The third-order valence-electron chi connectivity index (χ3n) is 3.51. The third-order valence-corrected chi connectivity index (χ3v) is 10.7. The highest BCUT2D eigenvalue weighted by Crippen LogP contribution is 2.40. The minimum atomic E-state index is -1.63. The van der Waals surface area contributed by atoms with Gasteiger partial charge in [-0.25, -0.2) is 0 Å². The van der Waals surface area contributed by atoms with Crippen molar-refractivity contribution in [2.45, 2.75) is 58.2 Å². The van der Waals surface area contributed by atoms with Crippen LogP contribution in [0.25, 0.3) is 0 Å². The van der Waals surface area contributed by atoms with Gasteiger partial charge in [0.15, 0.2) is 0 Å². The molecule has 0 aliphatic heterocycles. The molecule has 0 aliphatic carbocycles. The fourth-order valence-corrected chi connectivity index (χ4v) is 8.80. The van der Waals surface area contributed by atoms with Crippen LogP contribution >= 0.6 is 23.5 Å². The van der Waals surface area contributed by atoms with E-state index in [1.165, 1.54) is 11.8 Å². The summed E-state index contributed by atoms with van der Waals surface area (Å²) in [4.78, 5) is 0. The summed E-state index contributed by atoms with van der Waals surface area (Å²) in [5.41, 5.74) is 5.54. The smallest absolute Gasteiger partial charge is 0.118 e. The van der Waals surface area contributed by atoms with Gasteiger partial charge >= 0.3 is 0 Å². The molecule has 0 aromatic carbocycles. The second kappa shape index (κ2) is 9.97. The Morgan fingerprint density at radius 3 is 1.60 bits per heavy atom. The van der Waals surface area contributed by atoms with Crippen molar-refractivity contribution in [2.24, 2.45) is 0 Å². The average Bonchev–Trinajstić information content (AvgIpc) is 2.35. The Morgan fingerprint density at radius 2 is 1.20 bits per heavy atom. The molecule has 106 valence electrons. The van der Waals surface area contributed by atoms with Crippen LogP contribution < -0.4 is 0 Å². The lowest BCUT2D eigenvalue weighted by Crippen LogP contribution is -2.43. The standard InChI is InChI=1S/C17H22S2Si/c1-8-18-11-9-10-12-19-13-14-20(15(2)3,16(4)5)17(6)7/h1,15-17H,2-7H3. The molecule has 3 heteroatoms. The molecule has 0 aromatic rings. The van der Waals surface area contributed by atoms with Crippen molar-refractivity contribution >= 4 is 31.6 Å². The molecule has 0 aliphatic rings. The number of hydrogen-bond acceptors (Lipinski definition) is 2. The molecule has 0 heterocycles. The Kier molecular flexibility index (Phi) is 9.55. The van der Waals surface area contributed by atoms with Crippen molar-refractivity contribution in [1.29, 1.82) is 0 Å². The molecule has 0 fully saturated rings. The van der Waals surface area contributed by atoms with E-state index in [1.54, 1.807) is 0 Å². The summed E-state index contributed by atoms with van der Waals surface area (Å²) in [7, 11) is -1.63. The van der Waals surface area contributed by atoms with Gasteiger partial charge in [0.2, 0.25) is 0 Å². The Labute approximate surface area is 134 Å². The molecular formula is C17H22S2Si. The first kappa shape index (κ1) is 19.2. The lowest BCUT2D eigenvalue weighted by Gasteiger charge is -2.37. The molecule has 0 spiro atoms. The summed E-state index contributed by atoms with van der Waals surface area (Å²) in [6.45, 7) is 13.8. The maximum atomic E-state index is 5.06. The van der Waals surface area contributed by atoms with Crippen molar-refractivity contribution in [2.75, 3.05) is 0 Å². The number of thioether (sulfide) groups is 2. The normalized spacial score (nSPS) is 10.0. The first-order valence-electron chi connectivity index (χ1n) is 6.69. The summed E-state index contributed by atoms with van der Waals surface area (Å²) in [6.07, 6.45) is 5.06. The lowest BCUT2D eigenvalue weighted by molar-refractivity contribution is 0.838. The fraction of sp³-hybridized carbons (Fsp3) is 0.529. The van der Waals surface area contributed by atoms with Crippen LogP contribution in [0.2, 0.25) is 16.6 Å². The SMILES string of the molecule is C#CSC#CC#CSC#C[Si](C(C)C)(C(C)C)C(C)C. The zero-order valence-electron chi connectivity index (χ0n) is 13.1. The van der Waals surface area contributed by atoms with Gasteiger partial charge in [-0.1, -0.05) is 41.5 Å². The largest absolute Gasteiger partial charge is 0.147 e. The van der Waals surface area contributed by atoms with Crippen LogP contribution in [0.1, 0.15) is 41.5 Å². The minimum absolute atomic E-state index is 0.648. The predicted molar refractivity (Wildman–Crippen MR) is 98.4 cm³/mol. The van der Waals surface area contributed by atoms with Crippen molar-refractivity contribution < 1.29 is 0 Å². The van der Waals surface area contributed by atoms with E-state index in [9.17, 15) is 0 Å². The maximum absolute atomic E-state index is 5.06. The molecule has 0 N–H and O–H groups in total. The van der Waals surface area contributed by atoms with E-state index in [-0.39, 0.29) is 0 Å². The predicted octanol–water partition coefficient (Wildman–Crippen LogP) is 5.14. The van der Waals surface area contributed by atoms with Crippen LogP contribution in [0.5, 0.6) is 0 Å². The van der Waals surface area contributed by atoms with E-state index >= 15 is 0 Å². The van der Waals surface area contributed by atoms with Gasteiger partial charge in [0.1, 0.15) is 8.07 Å². The van der Waals surface area contributed by atoms with Gasteiger partial charge in [-0.05, 0) is 49.5 Å². The summed E-state index contributed by atoms with van der Waals surface area (Å²) in [6, 6.07) is 0. The average molecular weight is 319 g/mol. The summed E-state index contributed by atoms with van der Waals surface area (Å²) in [5, 5.41) is 11.2. The second-order valence-corrected chi connectivity index (χ2v) is 12.2. The van der Waals surface area contributed by atoms with Gasteiger partial charge in [-0.15, -0.1) is 12.0 Å². The lowest BCUT2D eigenvalue weighted by atomic mass is 10.5. The summed E-state index contributed by atoms with van der Waals surface area (Å²) < 4.78 is 0. The van der Waals surface area contributed by atoms with Gasteiger partial charge in [0.05, 0.1) is 0 Å². The first-order valence-corrected chi connectivity index (χ1v) is 10.6. The Balaban J connectivity index is 4.94. The molecule has 0 bridgehead atoms. The quantitative estimate of drug-likeness (QED) is 0.522. The van der Waals surface area contributed by atoms with E-state index in [0.717, 1.165) is 11.8 Å². The van der Waals surface area contributed by atoms with Gasteiger partial charge in [0, 0.05) is 23.5 Å². The van der Waals surface area contributed by atoms with Crippen LogP contribution in [0.4, 0.5) is 0 Å². The highest BCUT2D eigenvalue weighted by Gasteiger charge is 2.41. The number of rotatable bonds is 3. The van der Waals surface area contributed by atoms with Crippen LogP contribution in [-0.4, -0.2) is 8.07 Å². The Morgan fingerprint density at radius 1 is 0.750 bits per heavy atom. The molecule has 0 radical (unpaired) electrons. The molecule has 0 rings (SSSR count). The summed E-state index contributed by atoms with van der Waals surface area (Å²) in [5.74, 6) is 5.43. The van der Waals surface area contributed by atoms with E-state index in [4.69, 9.17) is 6.42 Å². The van der Waals surface area contributed by atoms with E-state index in [1.807, 2.05) is 0 Å². The molecular weight excluding hydrogens is 296 g/mol. The fourth-order valence-electron chi connectivity index (χ4n) is 2.70. The monoisotopic (exact) mass is 318 g/mol. The van der Waals surface area contributed by atoms with Crippen LogP contribution in [0.15, 0.2) is 0 Å². The van der Waals surface area contributed by atoms with Crippen molar-refractivity contribution in [1.82, 2.24) is 0 Å². The number of terminal acetylenes is 1. The zero-order chi connectivity index (χ0) is 15.6. The molecule has 0 atom stereocenters. The molecule has 0 unspecified atom stereocenters. The third kappa shape index (κ3) is 5.65. The Bertz CT molecular complexity index is 497. The van der Waals surface area contributed by atoms with Gasteiger partial charge in [0.25, 0.3) is 0 Å². The highest BCUT2D eigenvalue weighted by molar-refractivity contribution is 8.08. The van der Waals surface area contributed by atoms with Gasteiger partial charge in [-0.2, -0.15) is 0 Å². The van der Waals surface area contributed by atoms with Crippen molar-refractivity contribution in [3.05, 3.63) is 0 Å². The topological polar surface area (TPSA) is 0 Å². The zero-order valence-corrected chi connectivity index (χ0v) is 15.8. The Hall–Kier alpha value is -0.843. The maximum Gasteiger partial charge on any atom is 0.147 e. The van der Waals surface area contributed by atoms with Gasteiger partial charge in [-0.3, -0.25) is 0 Å². The second-order valence-electron chi connectivity index (χ2n) is 5.40. The van der Waals surface area contributed by atoms with Crippen LogP contribution in [0, 0.1) is 44.8 Å². The number of hydrogen-bond donors (Lipinski definition) is 0. The minimum Gasteiger partial charge on any atom is -0.118 e. The van der Waals surface area contributed by atoms with Crippen molar-refractivity contribution in [3.63, 3.8) is 0 Å². The van der Waals surface area contributed by atoms with Crippen molar-refractivity contribution in [3.8, 4) is 44.8 Å². The van der Waals surface area contributed by atoms with E-state index < -0.39 is 8.07 Å². The van der Waals surface area contributed by atoms with Crippen LogP contribution in [-0.2, 0) is 0 Å². The van der Waals surface area contributed by atoms with E-state index in [2.05, 4.69) is 79.9 Å². The molecule has 20 heavy (non-hydrogen) atoms. The molecule has 0 saturated heterocycles. The summed E-state index contributed by atoms with van der Waals surface area (Å²) >= 11 is 2.45. The van der Waals surface area contributed by atoms with E-state index in [0.29, 0.717) is 16.6 Å². The van der Waals surface area contributed by atoms with Crippen LogP contribution in [0.3, 0.4) is 0 Å². The highest BCUT2D eigenvalue weighted by atomic mass is 32.2. The first-order chi connectivity index (χ1) is 9.39. The van der Waals surface area contributed by atoms with Gasteiger partial charge < -0.3 is 0 Å². The molecule has 0 amide bonds.